The Hall–Kier alpha value is -2.98. The van der Waals surface area contributed by atoms with Crippen molar-refractivity contribution in [3.8, 4) is 5.75 Å². The summed E-state index contributed by atoms with van der Waals surface area (Å²) in [5.41, 5.74) is 3.08. The van der Waals surface area contributed by atoms with Crippen LogP contribution in [-0.2, 0) is 22.7 Å². The van der Waals surface area contributed by atoms with Crippen LogP contribution in [-0.4, -0.2) is 36.3 Å². The van der Waals surface area contributed by atoms with Crippen molar-refractivity contribution >= 4 is 23.1 Å². The van der Waals surface area contributed by atoms with Gasteiger partial charge in [0.1, 0.15) is 18.2 Å². The van der Waals surface area contributed by atoms with Crippen LogP contribution < -0.4 is 10.1 Å². The van der Waals surface area contributed by atoms with E-state index in [0.29, 0.717) is 36.9 Å². The van der Waals surface area contributed by atoms with E-state index >= 15 is 0 Å². The number of fused-ring (bicyclic) bond motifs is 1. The highest BCUT2D eigenvalue weighted by molar-refractivity contribution is 7.10. The van der Waals surface area contributed by atoms with Crippen molar-refractivity contribution < 1.29 is 28.5 Å². The van der Waals surface area contributed by atoms with E-state index in [1.54, 1.807) is 22.4 Å². The second-order valence-corrected chi connectivity index (χ2v) is 8.88. The molecule has 0 saturated carbocycles. The zero-order valence-corrected chi connectivity index (χ0v) is 19.8. The summed E-state index contributed by atoms with van der Waals surface area (Å²) in [4.78, 5) is 15.4. The average molecular weight is 487 g/mol. The van der Waals surface area contributed by atoms with Gasteiger partial charge in [-0.15, -0.1) is 11.3 Å². The maximum absolute atomic E-state index is 13.4. The standard InChI is InChI=1S/C25H27FN2O5S/c1-16-20-13-18(15-32-14-17-4-3-5-19(26)12-17)6-7-22(20)33-10-9-28(16)25(30)27-21-8-11-34-23(21)24(29)31-2/h3-8,11-13,16,24,29H,9-10,14-15H2,1-2H3,(H,27,30)/t16-,24?/m0/s1. The summed E-state index contributed by atoms with van der Waals surface area (Å²) in [5, 5.41) is 14.7. The fourth-order valence-corrected chi connectivity index (χ4v) is 4.67. The molecule has 1 aliphatic heterocycles. The first kappa shape index (κ1) is 24.2. The van der Waals surface area contributed by atoms with Gasteiger partial charge < -0.3 is 29.5 Å². The van der Waals surface area contributed by atoms with E-state index < -0.39 is 6.29 Å². The first-order valence-corrected chi connectivity index (χ1v) is 11.8. The zero-order chi connectivity index (χ0) is 24.1. The molecule has 1 unspecified atom stereocenters. The number of nitrogens with one attached hydrogen (secondary N) is 1. The molecule has 2 aromatic carbocycles. The number of nitrogens with zero attached hydrogens (tertiary/aromatic N) is 1. The Bertz CT molecular complexity index is 1140. The average Bonchev–Trinajstić information content (AvgIpc) is 3.22. The largest absolute Gasteiger partial charge is 0.491 e. The number of carbonyl (C=O) groups is 1. The second-order valence-electron chi connectivity index (χ2n) is 7.93. The lowest BCUT2D eigenvalue weighted by Crippen LogP contribution is -2.38. The number of carbonyl (C=O) groups excluding carboxylic acids is 1. The second kappa shape index (κ2) is 11.0. The summed E-state index contributed by atoms with van der Waals surface area (Å²) in [6.07, 6.45) is -1.10. The zero-order valence-electron chi connectivity index (χ0n) is 19.0. The number of halogens is 1. The Morgan fingerprint density at radius 1 is 1.26 bits per heavy atom. The molecule has 1 aromatic heterocycles. The van der Waals surface area contributed by atoms with Gasteiger partial charge in [-0.25, -0.2) is 9.18 Å². The van der Waals surface area contributed by atoms with E-state index in [1.807, 2.05) is 31.2 Å². The highest BCUT2D eigenvalue weighted by Gasteiger charge is 2.28. The number of hydrogen-bond donors (Lipinski definition) is 2. The van der Waals surface area contributed by atoms with Gasteiger partial charge in [-0.1, -0.05) is 18.2 Å². The van der Waals surface area contributed by atoms with Gasteiger partial charge in [-0.3, -0.25) is 0 Å². The maximum atomic E-state index is 13.4. The SMILES string of the molecule is COC(O)c1sccc1NC(=O)N1CCOc2ccc(COCc3cccc(F)c3)cc2[C@@H]1C. The molecule has 0 radical (unpaired) electrons. The molecule has 34 heavy (non-hydrogen) atoms. The number of anilines is 1. The van der Waals surface area contributed by atoms with Gasteiger partial charge in [0.15, 0.2) is 6.29 Å². The predicted molar refractivity (Wildman–Crippen MR) is 127 cm³/mol. The first-order valence-electron chi connectivity index (χ1n) is 10.9. The van der Waals surface area contributed by atoms with E-state index in [4.69, 9.17) is 14.2 Å². The highest BCUT2D eigenvalue weighted by Crippen LogP contribution is 2.34. The summed E-state index contributed by atoms with van der Waals surface area (Å²) < 4.78 is 30.0. The van der Waals surface area contributed by atoms with Gasteiger partial charge in [0.25, 0.3) is 0 Å². The van der Waals surface area contributed by atoms with Crippen molar-refractivity contribution in [2.75, 3.05) is 25.6 Å². The number of aliphatic hydroxyl groups is 1. The fourth-order valence-electron chi connectivity index (χ4n) is 3.86. The third kappa shape index (κ3) is 5.56. The Balaban J connectivity index is 1.45. The smallest absolute Gasteiger partial charge is 0.322 e. The van der Waals surface area contributed by atoms with Crippen LogP contribution in [0.15, 0.2) is 53.9 Å². The monoisotopic (exact) mass is 486 g/mol. The maximum Gasteiger partial charge on any atom is 0.322 e. The van der Waals surface area contributed by atoms with E-state index in [1.165, 1.54) is 30.6 Å². The number of rotatable bonds is 7. The molecule has 0 saturated heterocycles. The van der Waals surface area contributed by atoms with Crippen molar-refractivity contribution in [3.63, 3.8) is 0 Å². The highest BCUT2D eigenvalue weighted by atomic mass is 32.1. The van der Waals surface area contributed by atoms with Crippen LogP contribution in [0.3, 0.4) is 0 Å². The van der Waals surface area contributed by atoms with Crippen LogP contribution in [0.2, 0.25) is 0 Å². The molecule has 1 aliphatic rings. The number of amides is 2. The van der Waals surface area contributed by atoms with Crippen molar-refractivity contribution in [3.05, 3.63) is 81.3 Å². The van der Waals surface area contributed by atoms with Gasteiger partial charge >= 0.3 is 6.03 Å². The number of urea groups is 1. The van der Waals surface area contributed by atoms with E-state index in [9.17, 15) is 14.3 Å². The third-order valence-corrected chi connectivity index (χ3v) is 6.60. The molecule has 2 atom stereocenters. The molecule has 180 valence electrons. The van der Waals surface area contributed by atoms with E-state index in [0.717, 1.165) is 22.4 Å². The number of methoxy groups -OCH3 is 1. The normalized spacial score (nSPS) is 16.4. The summed E-state index contributed by atoms with van der Waals surface area (Å²) in [5.74, 6) is 0.435. The van der Waals surface area contributed by atoms with Gasteiger partial charge in [-0.2, -0.15) is 0 Å². The predicted octanol–water partition coefficient (Wildman–Crippen LogP) is 5.23. The van der Waals surface area contributed by atoms with Crippen LogP contribution in [0.25, 0.3) is 0 Å². The number of hydrogen-bond acceptors (Lipinski definition) is 6. The molecule has 3 aromatic rings. The minimum atomic E-state index is -1.10. The fraction of sp³-hybridized carbons (Fsp3) is 0.320. The Morgan fingerprint density at radius 2 is 2.06 bits per heavy atom. The Labute approximate surface area is 201 Å². The molecule has 4 rings (SSSR count). The summed E-state index contributed by atoms with van der Waals surface area (Å²) in [6, 6.07) is 13.3. The number of thiophene rings is 1. The van der Waals surface area contributed by atoms with Gasteiger partial charge in [0, 0.05) is 12.7 Å². The lowest BCUT2D eigenvalue weighted by molar-refractivity contribution is -0.0738. The lowest BCUT2D eigenvalue weighted by Gasteiger charge is -2.27. The summed E-state index contributed by atoms with van der Waals surface area (Å²) >= 11 is 1.31. The third-order valence-electron chi connectivity index (χ3n) is 5.65. The molecule has 0 fully saturated rings. The van der Waals surface area contributed by atoms with Gasteiger partial charge in [-0.05, 0) is 53.8 Å². The first-order chi connectivity index (χ1) is 16.5. The van der Waals surface area contributed by atoms with Crippen molar-refractivity contribution in [2.45, 2.75) is 32.5 Å². The molecule has 7 nitrogen and oxygen atoms in total. The van der Waals surface area contributed by atoms with Crippen LogP contribution in [0.4, 0.5) is 14.9 Å². The van der Waals surface area contributed by atoms with Crippen LogP contribution >= 0.6 is 11.3 Å². The van der Waals surface area contributed by atoms with E-state index in [2.05, 4.69) is 5.32 Å². The van der Waals surface area contributed by atoms with Crippen molar-refractivity contribution in [1.82, 2.24) is 4.90 Å². The molecule has 9 heteroatoms. The molecular formula is C25H27FN2O5S. The van der Waals surface area contributed by atoms with Crippen LogP contribution in [0.5, 0.6) is 5.75 Å². The minimum Gasteiger partial charge on any atom is -0.491 e. The summed E-state index contributed by atoms with van der Waals surface area (Å²) in [6.45, 7) is 3.35. The minimum absolute atomic E-state index is 0.255. The molecule has 2 heterocycles. The number of ether oxygens (including phenoxy) is 3. The van der Waals surface area contributed by atoms with Gasteiger partial charge in [0.05, 0.1) is 36.4 Å². The molecule has 0 spiro atoms. The lowest BCUT2D eigenvalue weighted by atomic mass is 10.0. The molecule has 2 amide bonds. The van der Waals surface area contributed by atoms with E-state index in [-0.39, 0.29) is 17.9 Å². The Morgan fingerprint density at radius 3 is 2.82 bits per heavy atom. The topological polar surface area (TPSA) is 80.3 Å². The molecule has 0 aliphatic carbocycles. The number of benzene rings is 2. The quantitative estimate of drug-likeness (QED) is 0.447. The van der Waals surface area contributed by atoms with Crippen molar-refractivity contribution in [2.24, 2.45) is 0 Å². The van der Waals surface area contributed by atoms with Crippen molar-refractivity contribution in [1.29, 1.82) is 0 Å². The van der Waals surface area contributed by atoms with Gasteiger partial charge in [0.2, 0.25) is 0 Å². The van der Waals surface area contributed by atoms with Crippen LogP contribution in [0, 0.1) is 5.82 Å². The summed E-state index contributed by atoms with van der Waals surface area (Å²) in [7, 11) is 1.40. The van der Waals surface area contributed by atoms with Crippen LogP contribution in [0.1, 0.15) is 40.8 Å². The molecular weight excluding hydrogens is 459 g/mol. The molecule has 2 N–H and O–H groups in total. The number of aliphatic hydroxyl groups excluding tert-OH is 1. The Kier molecular flexibility index (Phi) is 7.79. The molecule has 0 bridgehead atoms.